The number of hydrogen-bond donors (Lipinski definition) is 2. The van der Waals surface area contributed by atoms with Crippen LogP contribution in [0.25, 0.3) is 0 Å². The van der Waals surface area contributed by atoms with Crippen LogP contribution in [-0.2, 0) is 14.4 Å². The largest absolute Gasteiger partial charge is 0.480 e. The summed E-state index contributed by atoms with van der Waals surface area (Å²) < 4.78 is 0. The molecule has 3 rings (SSSR count). The number of amides is 1. The van der Waals surface area contributed by atoms with Gasteiger partial charge in [-0.25, -0.2) is 4.79 Å². The van der Waals surface area contributed by atoms with E-state index in [1.165, 1.54) is 23.5 Å². The van der Waals surface area contributed by atoms with Gasteiger partial charge in [0, 0.05) is 11.5 Å². The summed E-state index contributed by atoms with van der Waals surface area (Å²) in [6.07, 6.45) is 1.08. The lowest BCUT2D eigenvalue weighted by atomic mass is 10.2. The molecule has 130 valence electrons. The Kier molecular flexibility index (Phi) is 5.22. The fourth-order valence-electron chi connectivity index (χ4n) is 2.28. The molecule has 10 heteroatoms. The lowest BCUT2D eigenvalue weighted by molar-refractivity contribution is -0.137. The number of nitrogens with zero attached hydrogens (tertiary/aromatic N) is 2. The van der Waals surface area contributed by atoms with E-state index in [2.05, 4.69) is 15.3 Å². The number of rotatable bonds is 7. The number of nitrogens with one attached hydrogen (secondary N) is 1. The number of carboxylic acids is 1. The lowest BCUT2D eigenvalue weighted by Crippen LogP contribution is -2.32. The van der Waals surface area contributed by atoms with Crippen molar-refractivity contribution in [3.63, 3.8) is 0 Å². The van der Waals surface area contributed by atoms with Gasteiger partial charge in [-0.2, -0.15) is 0 Å². The second-order valence-electron chi connectivity index (χ2n) is 5.82. The van der Waals surface area contributed by atoms with Gasteiger partial charge in [0.25, 0.3) is 0 Å². The monoisotopic (exact) mass is 389 g/mol. The molecular weight excluding hydrogens is 374 g/mol. The summed E-state index contributed by atoms with van der Waals surface area (Å²) in [6.45, 7) is 0.267. The van der Waals surface area contributed by atoms with Crippen molar-refractivity contribution in [2.45, 2.75) is 36.2 Å². The summed E-state index contributed by atoms with van der Waals surface area (Å²) in [5, 5.41) is 13.1. The SMILES string of the molecule is O=C(CC(=O)C1(Cl)CC1)NCC1=NC(C2=NC(C(=O)O)CS2)CS1. The number of carboxylic acid groups (broad SMARTS) is 1. The Morgan fingerprint density at radius 1 is 1.25 bits per heavy atom. The minimum absolute atomic E-state index is 0.143. The van der Waals surface area contributed by atoms with Crippen molar-refractivity contribution in [2.24, 2.45) is 9.98 Å². The van der Waals surface area contributed by atoms with Gasteiger partial charge in [-0.05, 0) is 12.8 Å². The van der Waals surface area contributed by atoms with Gasteiger partial charge in [0.2, 0.25) is 5.91 Å². The molecule has 1 saturated carbocycles. The first kappa shape index (κ1) is 17.8. The van der Waals surface area contributed by atoms with Crippen LogP contribution in [0.2, 0.25) is 0 Å². The quantitative estimate of drug-likeness (QED) is 0.495. The van der Waals surface area contributed by atoms with Crippen LogP contribution in [0.1, 0.15) is 19.3 Å². The Balaban J connectivity index is 1.46. The van der Waals surface area contributed by atoms with Crippen molar-refractivity contribution >= 4 is 62.9 Å². The van der Waals surface area contributed by atoms with Crippen LogP contribution in [0.4, 0.5) is 0 Å². The smallest absolute Gasteiger partial charge is 0.329 e. The predicted molar refractivity (Wildman–Crippen MR) is 95.4 cm³/mol. The topological polar surface area (TPSA) is 108 Å². The molecule has 0 bridgehead atoms. The molecule has 2 N–H and O–H groups in total. The van der Waals surface area contributed by atoms with Gasteiger partial charge < -0.3 is 10.4 Å². The average Bonchev–Trinajstić information content (AvgIpc) is 2.96. The van der Waals surface area contributed by atoms with Gasteiger partial charge >= 0.3 is 5.97 Å². The Hall–Kier alpha value is -1.06. The second kappa shape index (κ2) is 7.05. The summed E-state index contributed by atoms with van der Waals surface area (Å²) in [5.74, 6) is -0.366. The van der Waals surface area contributed by atoms with E-state index < -0.39 is 16.9 Å². The first-order chi connectivity index (χ1) is 11.4. The van der Waals surface area contributed by atoms with E-state index in [9.17, 15) is 14.4 Å². The summed E-state index contributed by atoms with van der Waals surface area (Å²) in [5.41, 5.74) is 0. The van der Waals surface area contributed by atoms with Gasteiger partial charge in [-0.15, -0.1) is 35.1 Å². The number of alkyl halides is 1. The molecule has 2 aliphatic heterocycles. The van der Waals surface area contributed by atoms with Gasteiger partial charge in [-0.3, -0.25) is 19.6 Å². The van der Waals surface area contributed by atoms with E-state index in [-0.39, 0.29) is 30.7 Å². The second-order valence-corrected chi connectivity index (χ2v) is 8.68. The Labute approximate surface area is 152 Å². The van der Waals surface area contributed by atoms with Crippen LogP contribution in [0.3, 0.4) is 0 Å². The number of halogens is 1. The predicted octanol–water partition coefficient (Wildman–Crippen LogP) is 0.946. The molecule has 7 nitrogen and oxygen atoms in total. The highest BCUT2D eigenvalue weighted by Crippen LogP contribution is 2.44. The van der Waals surface area contributed by atoms with E-state index in [4.69, 9.17) is 16.7 Å². The highest BCUT2D eigenvalue weighted by atomic mass is 35.5. The zero-order chi connectivity index (χ0) is 17.3. The Morgan fingerprint density at radius 3 is 2.62 bits per heavy atom. The third kappa shape index (κ3) is 4.12. The number of ketones is 1. The Bertz CT molecular complexity index is 648. The maximum absolute atomic E-state index is 11.8. The van der Waals surface area contributed by atoms with Crippen LogP contribution in [0.15, 0.2) is 9.98 Å². The minimum Gasteiger partial charge on any atom is -0.480 e. The molecule has 2 heterocycles. The number of carbonyl (C=O) groups is 3. The molecule has 1 amide bonds. The van der Waals surface area contributed by atoms with Crippen LogP contribution >= 0.6 is 35.1 Å². The number of aliphatic carboxylic acids is 1. The molecule has 0 radical (unpaired) electrons. The van der Waals surface area contributed by atoms with Crippen LogP contribution in [0.5, 0.6) is 0 Å². The highest BCUT2D eigenvalue weighted by molar-refractivity contribution is 8.16. The van der Waals surface area contributed by atoms with Crippen molar-refractivity contribution in [1.29, 1.82) is 0 Å². The molecule has 24 heavy (non-hydrogen) atoms. The van der Waals surface area contributed by atoms with Crippen molar-refractivity contribution < 1.29 is 19.5 Å². The van der Waals surface area contributed by atoms with Gasteiger partial charge in [0.05, 0.1) is 23.1 Å². The molecule has 2 atom stereocenters. The number of carbonyl (C=O) groups excluding carboxylic acids is 2. The number of thioether (sulfide) groups is 2. The number of aliphatic imine (C=N–C) groups is 2. The molecule has 1 aliphatic carbocycles. The average molecular weight is 390 g/mol. The molecule has 2 unspecified atom stereocenters. The first-order valence-electron chi connectivity index (χ1n) is 7.49. The van der Waals surface area contributed by atoms with Crippen LogP contribution in [0, 0.1) is 0 Å². The van der Waals surface area contributed by atoms with Crippen LogP contribution < -0.4 is 5.32 Å². The minimum atomic E-state index is -0.919. The fourth-order valence-corrected chi connectivity index (χ4v) is 4.58. The number of Topliss-reactive ketones (excluding diaryl/α,β-unsaturated/α-hetero) is 1. The van der Waals surface area contributed by atoms with Gasteiger partial charge in [-0.1, -0.05) is 0 Å². The lowest BCUT2D eigenvalue weighted by Gasteiger charge is -2.06. The molecular formula is C14H16ClN3O4S2. The van der Waals surface area contributed by atoms with Crippen molar-refractivity contribution in [3.05, 3.63) is 0 Å². The summed E-state index contributed by atoms with van der Waals surface area (Å²) >= 11 is 8.91. The van der Waals surface area contributed by atoms with E-state index in [1.807, 2.05) is 0 Å². The molecule has 0 spiro atoms. The first-order valence-corrected chi connectivity index (χ1v) is 9.84. The Morgan fingerprint density at radius 2 is 2.00 bits per heavy atom. The summed E-state index contributed by atoms with van der Waals surface area (Å²) in [6, 6.07) is -0.833. The van der Waals surface area contributed by atoms with E-state index in [1.54, 1.807) is 0 Å². The molecule has 3 aliphatic rings. The summed E-state index contributed by atoms with van der Waals surface area (Å²) in [7, 11) is 0. The van der Waals surface area contributed by atoms with Gasteiger partial charge in [0.1, 0.15) is 10.9 Å². The van der Waals surface area contributed by atoms with E-state index >= 15 is 0 Å². The van der Waals surface area contributed by atoms with Crippen LogP contribution in [-0.4, -0.2) is 67.9 Å². The molecule has 0 aromatic rings. The third-order valence-electron chi connectivity index (χ3n) is 3.90. The van der Waals surface area contributed by atoms with Crippen molar-refractivity contribution in [2.75, 3.05) is 18.1 Å². The van der Waals surface area contributed by atoms with Gasteiger partial charge in [0.15, 0.2) is 11.8 Å². The molecule has 1 fully saturated rings. The molecule has 0 saturated heterocycles. The molecule has 0 aromatic heterocycles. The highest BCUT2D eigenvalue weighted by Gasteiger charge is 2.47. The maximum Gasteiger partial charge on any atom is 0.329 e. The summed E-state index contributed by atoms with van der Waals surface area (Å²) in [4.78, 5) is 42.3. The van der Waals surface area contributed by atoms with Crippen molar-refractivity contribution in [3.8, 4) is 0 Å². The maximum atomic E-state index is 11.8. The normalized spacial score (nSPS) is 27.4. The van der Waals surface area contributed by atoms with Crippen molar-refractivity contribution in [1.82, 2.24) is 5.32 Å². The fraction of sp³-hybridized carbons (Fsp3) is 0.643. The zero-order valence-corrected chi connectivity index (χ0v) is 15.0. The molecule has 0 aromatic carbocycles. The zero-order valence-electron chi connectivity index (χ0n) is 12.7. The third-order valence-corrected chi connectivity index (χ3v) is 6.71. The number of hydrogen-bond acceptors (Lipinski definition) is 7. The van der Waals surface area contributed by atoms with E-state index in [0.717, 1.165) is 10.1 Å². The van der Waals surface area contributed by atoms with E-state index in [0.29, 0.717) is 24.3 Å². The standard InChI is InChI=1S/C14H16ClN3O4S2/c15-14(1-2-14)9(19)3-10(20)16-4-11-17-7(5-23-11)12-18-8(6-24-12)13(21)22/h7-8H,1-6H2,(H,16,20)(H,21,22).